The van der Waals surface area contributed by atoms with Gasteiger partial charge in [0, 0.05) is 6.54 Å². The number of aryl methyl sites for hydroxylation is 1. The summed E-state index contributed by atoms with van der Waals surface area (Å²) < 4.78 is 0. The zero-order chi connectivity index (χ0) is 14.4. The largest absolute Gasteiger partial charge is 0.351 e. The van der Waals surface area contributed by atoms with Crippen LogP contribution in [0.3, 0.4) is 0 Å². The Labute approximate surface area is 113 Å². The van der Waals surface area contributed by atoms with Crippen LogP contribution in [0, 0.1) is 0 Å². The fourth-order valence-electron chi connectivity index (χ4n) is 1.73. The van der Waals surface area contributed by atoms with Crippen LogP contribution in [-0.4, -0.2) is 29.9 Å². The van der Waals surface area contributed by atoms with Crippen molar-refractivity contribution in [2.24, 2.45) is 5.73 Å². The van der Waals surface area contributed by atoms with Crippen molar-refractivity contribution < 1.29 is 9.59 Å². The minimum absolute atomic E-state index is 0.389. The highest BCUT2D eigenvalue weighted by atomic mass is 16.2. The van der Waals surface area contributed by atoms with Crippen LogP contribution in [0.2, 0.25) is 0 Å². The minimum Gasteiger partial charge on any atom is -0.351 e. The van der Waals surface area contributed by atoms with Gasteiger partial charge in [-0.2, -0.15) is 0 Å². The van der Waals surface area contributed by atoms with Crippen LogP contribution in [0.15, 0.2) is 24.3 Å². The molecule has 0 saturated heterocycles. The van der Waals surface area contributed by atoms with E-state index in [-0.39, 0.29) is 5.91 Å². The van der Waals surface area contributed by atoms with E-state index in [9.17, 15) is 9.59 Å². The third-order valence-electron chi connectivity index (χ3n) is 3.15. The Morgan fingerprint density at radius 2 is 1.79 bits per heavy atom. The maximum absolute atomic E-state index is 11.6. The number of imide groups is 1. The fraction of sp³-hybridized carbons (Fsp3) is 0.429. The Hall–Kier alpha value is -1.88. The summed E-state index contributed by atoms with van der Waals surface area (Å²) in [6, 6.07) is 7.02. The maximum atomic E-state index is 11.6. The molecule has 0 unspecified atom stereocenters. The zero-order valence-electron chi connectivity index (χ0n) is 11.6. The molecule has 0 heterocycles. The van der Waals surface area contributed by atoms with Gasteiger partial charge in [0.2, 0.25) is 5.91 Å². The first kappa shape index (κ1) is 15.2. The predicted molar refractivity (Wildman–Crippen MR) is 74.5 cm³/mol. The summed E-state index contributed by atoms with van der Waals surface area (Å²) in [4.78, 5) is 24.1. The van der Waals surface area contributed by atoms with Crippen LogP contribution in [0.25, 0.3) is 0 Å². The lowest BCUT2D eigenvalue weighted by Crippen LogP contribution is -2.46. The maximum Gasteiger partial charge on any atom is 0.318 e. The standard InChI is InChI=1S/C14H21N3O2/c1-4-11-5-7-12(8-6-11)9-17(3)10(2)13(18)16-14(15)19/h5-8,10H,4,9H2,1-3H3,(H3,15,16,18,19)/t10-/m0/s1. The molecule has 0 bridgehead atoms. The summed E-state index contributed by atoms with van der Waals surface area (Å²) in [5, 5.41) is 2.09. The lowest BCUT2D eigenvalue weighted by Gasteiger charge is -2.23. The fourth-order valence-corrected chi connectivity index (χ4v) is 1.73. The first-order valence-electron chi connectivity index (χ1n) is 6.32. The minimum atomic E-state index is -0.822. The second-order valence-corrected chi connectivity index (χ2v) is 4.61. The number of carbonyl (C=O) groups is 2. The molecular weight excluding hydrogens is 242 g/mol. The molecule has 1 atom stereocenters. The number of amides is 3. The number of likely N-dealkylation sites (N-methyl/N-ethyl adjacent to an activating group) is 1. The van der Waals surface area contributed by atoms with E-state index in [0.29, 0.717) is 6.54 Å². The normalized spacial score (nSPS) is 12.2. The third-order valence-corrected chi connectivity index (χ3v) is 3.15. The summed E-state index contributed by atoms with van der Waals surface area (Å²) in [5.74, 6) is -0.389. The van der Waals surface area contributed by atoms with Crippen molar-refractivity contribution in [3.05, 3.63) is 35.4 Å². The average Bonchev–Trinajstić information content (AvgIpc) is 2.37. The lowest BCUT2D eigenvalue weighted by atomic mass is 10.1. The highest BCUT2D eigenvalue weighted by molar-refractivity contribution is 5.96. The monoisotopic (exact) mass is 263 g/mol. The van der Waals surface area contributed by atoms with Gasteiger partial charge in [-0.1, -0.05) is 31.2 Å². The van der Waals surface area contributed by atoms with Crippen molar-refractivity contribution in [2.45, 2.75) is 32.9 Å². The van der Waals surface area contributed by atoms with Crippen LogP contribution in [-0.2, 0) is 17.8 Å². The zero-order valence-corrected chi connectivity index (χ0v) is 11.6. The van der Waals surface area contributed by atoms with Crippen LogP contribution < -0.4 is 11.1 Å². The van der Waals surface area contributed by atoms with Crippen LogP contribution in [0.1, 0.15) is 25.0 Å². The molecule has 0 aromatic heterocycles. The van der Waals surface area contributed by atoms with E-state index in [4.69, 9.17) is 5.73 Å². The van der Waals surface area contributed by atoms with Gasteiger partial charge in [-0.25, -0.2) is 4.79 Å². The number of nitrogens with zero attached hydrogens (tertiary/aromatic N) is 1. The molecule has 5 nitrogen and oxygen atoms in total. The van der Waals surface area contributed by atoms with Crippen molar-refractivity contribution in [1.82, 2.24) is 10.2 Å². The Balaban J connectivity index is 2.59. The number of rotatable bonds is 5. The topological polar surface area (TPSA) is 75.4 Å². The highest BCUT2D eigenvalue weighted by Crippen LogP contribution is 2.09. The van der Waals surface area contributed by atoms with Crippen molar-refractivity contribution >= 4 is 11.9 Å². The molecule has 1 aromatic rings. The molecule has 0 spiro atoms. The number of benzene rings is 1. The molecule has 0 aliphatic rings. The Morgan fingerprint density at radius 1 is 1.26 bits per heavy atom. The quantitative estimate of drug-likeness (QED) is 0.840. The number of nitrogens with two attached hydrogens (primary N) is 1. The molecule has 0 aliphatic heterocycles. The van der Waals surface area contributed by atoms with Gasteiger partial charge >= 0.3 is 6.03 Å². The molecule has 3 N–H and O–H groups in total. The molecule has 3 amide bonds. The van der Waals surface area contributed by atoms with Crippen molar-refractivity contribution in [2.75, 3.05) is 7.05 Å². The van der Waals surface area contributed by atoms with Gasteiger partial charge in [0.1, 0.15) is 0 Å². The van der Waals surface area contributed by atoms with Crippen LogP contribution >= 0.6 is 0 Å². The molecule has 0 radical (unpaired) electrons. The summed E-state index contributed by atoms with van der Waals surface area (Å²) in [5.41, 5.74) is 7.33. The highest BCUT2D eigenvalue weighted by Gasteiger charge is 2.19. The van der Waals surface area contributed by atoms with Crippen molar-refractivity contribution in [1.29, 1.82) is 0 Å². The molecule has 1 aromatic carbocycles. The van der Waals surface area contributed by atoms with Gasteiger partial charge in [0.05, 0.1) is 6.04 Å². The van der Waals surface area contributed by atoms with Gasteiger partial charge in [-0.05, 0) is 31.5 Å². The summed E-state index contributed by atoms with van der Waals surface area (Å²) in [6.07, 6.45) is 1.01. The van der Waals surface area contributed by atoms with Gasteiger partial charge in [0.25, 0.3) is 0 Å². The first-order chi connectivity index (χ1) is 8.93. The van der Waals surface area contributed by atoms with Crippen molar-refractivity contribution in [3.8, 4) is 0 Å². The summed E-state index contributed by atoms with van der Waals surface area (Å²) >= 11 is 0. The SMILES string of the molecule is CCc1ccc(CN(C)[C@@H](C)C(=O)NC(N)=O)cc1. The smallest absolute Gasteiger partial charge is 0.318 e. The summed E-state index contributed by atoms with van der Waals surface area (Å²) in [6.45, 7) is 4.48. The van der Waals surface area contributed by atoms with E-state index in [1.54, 1.807) is 6.92 Å². The van der Waals surface area contributed by atoms with Gasteiger partial charge in [0.15, 0.2) is 0 Å². The molecule has 104 valence electrons. The van der Waals surface area contributed by atoms with E-state index in [1.807, 2.05) is 24.1 Å². The van der Waals surface area contributed by atoms with E-state index >= 15 is 0 Å². The molecule has 5 heteroatoms. The van der Waals surface area contributed by atoms with Crippen molar-refractivity contribution in [3.63, 3.8) is 0 Å². The molecule has 0 fully saturated rings. The number of carbonyl (C=O) groups excluding carboxylic acids is 2. The molecule has 19 heavy (non-hydrogen) atoms. The Kier molecular flexibility index (Phi) is 5.51. The van der Waals surface area contributed by atoms with Crippen LogP contribution in [0.4, 0.5) is 4.79 Å². The van der Waals surface area contributed by atoms with Gasteiger partial charge in [-0.3, -0.25) is 15.0 Å². The second-order valence-electron chi connectivity index (χ2n) is 4.61. The Morgan fingerprint density at radius 3 is 2.26 bits per heavy atom. The summed E-state index contributed by atoms with van der Waals surface area (Å²) in [7, 11) is 1.83. The molecule has 0 saturated carbocycles. The predicted octanol–water partition coefficient (Wildman–Crippen LogP) is 1.26. The van der Waals surface area contributed by atoms with Gasteiger partial charge < -0.3 is 5.73 Å². The Bertz CT molecular complexity index is 443. The molecule has 0 aliphatic carbocycles. The number of hydrogen-bond donors (Lipinski definition) is 2. The van der Waals surface area contributed by atoms with E-state index < -0.39 is 12.1 Å². The molecular formula is C14H21N3O2. The molecule has 1 rings (SSSR count). The van der Waals surface area contributed by atoms with E-state index in [0.717, 1.165) is 12.0 Å². The van der Waals surface area contributed by atoms with E-state index in [1.165, 1.54) is 5.56 Å². The lowest BCUT2D eigenvalue weighted by molar-refractivity contribution is -0.124. The first-order valence-corrected chi connectivity index (χ1v) is 6.32. The average molecular weight is 263 g/mol. The number of nitrogens with one attached hydrogen (secondary N) is 1. The number of urea groups is 1. The van der Waals surface area contributed by atoms with E-state index in [2.05, 4.69) is 24.4 Å². The second kappa shape index (κ2) is 6.89. The number of primary amides is 1. The number of hydrogen-bond acceptors (Lipinski definition) is 3. The van der Waals surface area contributed by atoms with Crippen LogP contribution in [0.5, 0.6) is 0 Å². The third kappa shape index (κ3) is 4.71. The van der Waals surface area contributed by atoms with Gasteiger partial charge in [-0.15, -0.1) is 0 Å².